The maximum Gasteiger partial charge on any atom is 0.330 e. The number of rotatable bonds is 7. The number of nitrogens with zero attached hydrogens (tertiary/aromatic N) is 6. The second kappa shape index (κ2) is 8.96. The summed E-state index contributed by atoms with van der Waals surface area (Å²) in [6, 6.07) is 3.53. The lowest BCUT2D eigenvalue weighted by Gasteiger charge is -2.27. The molecule has 0 saturated carbocycles. The monoisotopic (exact) mass is 389 g/mol. The van der Waals surface area contributed by atoms with E-state index in [9.17, 15) is 0 Å². The lowest BCUT2D eigenvalue weighted by Crippen LogP contribution is -2.38. The number of anilines is 2. The van der Waals surface area contributed by atoms with Gasteiger partial charge in [0.2, 0.25) is 23.7 Å². The van der Waals surface area contributed by atoms with E-state index in [1.165, 1.54) is 0 Å². The van der Waals surface area contributed by atoms with Gasteiger partial charge in [-0.1, -0.05) is 6.92 Å². The minimum absolute atomic E-state index is 0.153. The highest BCUT2D eigenvalue weighted by Crippen LogP contribution is 2.22. The van der Waals surface area contributed by atoms with E-state index in [-0.39, 0.29) is 17.4 Å². The number of ether oxygens (including phenoxy) is 3. The molecule has 1 aliphatic rings. The molecule has 0 bridgehead atoms. The highest BCUT2D eigenvalue weighted by atomic mass is 16.5. The minimum atomic E-state index is -0.209. The van der Waals surface area contributed by atoms with Crippen molar-refractivity contribution in [2.75, 3.05) is 43.1 Å². The Morgan fingerprint density at radius 2 is 1.79 bits per heavy atom. The van der Waals surface area contributed by atoms with E-state index in [2.05, 4.69) is 30.5 Å². The van der Waals surface area contributed by atoms with Gasteiger partial charge in [0.25, 0.3) is 0 Å². The predicted molar refractivity (Wildman–Crippen MR) is 104 cm³/mol. The van der Waals surface area contributed by atoms with Gasteiger partial charge in [0, 0.05) is 30.8 Å². The maximum atomic E-state index is 5.74. The first-order chi connectivity index (χ1) is 13.4. The van der Waals surface area contributed by atoms with Crippen molar-refractivity contribution in [2.45, 2.75) is 39.7 Å². The van der Waals surface area contributed by atoms with Crippen LogP contribution in [0, 0.1) is 0 Å². The Balaban J connectivity index is 1.80. The summed E-state index contributed by atoms with van der Waals surface area (Å²) in [6.45, 7) is 11.4. The molecule has 0 atom stereocenters. The van der Waals surface area contributed by atoms with Crippen molar-refractivity contribution < 1.29 is 14.2 Å². The molecule has 0 aromatic carbocycles. The highest BCUT2D eigenvalue weighted by Gasteiger charge is 2.20. The Morgan fingerprint density at radius 3 is 2.43 bits per heavy atom. The average Bonchev–Trinajstić information content (AvgIpc) is 2.66. The fourth-order valence-electron chi connectivity index (χ4n) is 2.43. The number of morpholine rings is 1. The number of hydrogen-bond acceptors (Lipinski definition) is 10. The summed E-state index contributed by atoms with van der Waals surface area (Å²) in [5.74, 6) is 1.71. The van der Waals surface area contributed by atoms with Gasteiger partial charge < -0.3 is 24.4 Å². The van der Waals surface area contributed by atoms with Crippen molar-refractivity contribution in [2.24, 2.45) is 0 Å². The van der Waals surface area contributed by atoms with Crippen LogP contribution in [0.3, 0.4) is 0 Å². The van der Waals surface area contributed by atoms with Gasteiger partial charge in [0.15, 0.2) is 0 Å². The van der Waals surface area contributed by atoms with E-state index in [1.807, 2.05) is 32.6 Å². The first kappa shape index (κ1) is 20.0. The van der Waals surface area contributed by atoms with Crippen LogP contribution in [-0.2, 0) is 4.74 Å². The normalized spacial score (nSPS) is 14.6. The summed E-state index contributed by atoms with van der Waals surface area (Å²) in [7, 11) is 0. The van der Waals surface area contributed by atoms with E-state index >= 15 is 0 Å². The SMILES string of the molecule is CCCOc1ccc(Oc2nc(NC(C)(C)C)nc(N3CCOCC3)n2)nn1. The summed E-state index contributed by atoms with van der Waals surface area (Å²) in [5.41, 5.74) is -0.209. The molecule has 152 valence electrons. The van der Waals surface area contributed by atoms with Crippen molar-refractivity contribution in [1.82, 2.24) is 25.1 Å². The van der Waals surface area contributed by atoms with Gasteiger partial charge >= 0.3 is 6.01 Å². The molecular formula is C18H27N7O3. The average molecular weight is 389 g/mol. The van der Waals surface area contributed by atoms with Crippen LogP contribution in [0.1, 0.15) is 34.1 Å². The van der Waals surface area contributed by atoms with E-state index in [0.29, 0.717) is 50.7 Å². The Kier molecular flexibility index (Phi) is 6.40. The molecule has 10 heteroatoms. The fourth-order valence-corrected chi connectivity index (χ4v) is 2.43. The summed E-state index contributed by atoms with van der Waals surface area (Å²) in [5, 5.41) is 11.3. The molecule has 0 amide bonds. The molecule has 1 saturated heterocycles. The topological polar surface area (TPSA) is 107 Å². The van der Waals surface area contributed by atoms with Gasteiger partial charge in [0.1, 0.15) is 0 Å². The molecule has 3 rings (SSSR count). The number of nitrogens with one attached hydrogen (secondary N) is 1. The molecule has 10 nitrogen and oxygen atoms in total. The lowest BCUT2D eigenvalue weighted by molar-refractivity contribution is 0.122. The molecule has 2 aromatic heterocycles. The summed E-state index contributed by atoms with van der Waals surface area (Å²) < 4.78 is 16.6. The van der Waals surface area contributed by atoms with Crippen LogP contribution in [0.25, 0.3) is 0 Å². The Hall–Kier alpha value is -2.75. The second-order valence-corrected chi connectivity index (χ2v) is 7.38. The van der Waals surface area contributed by atoms with Gasteiger partial charge in [-0.2, -0.15) is 15.0 Å². The van der Waals surface area contributed by atoms with E-state index < -0.39 is 0 Å². The van der Waals surface area contributed by atoms with Gasteiger partial charge in [-0.3, -0.25) is 0 Å². The van der Waals surface area contributed by atoms with Crippen molar-refractivity contribution in [3.63, 3.8) is 0 Å². The van der Waals surface area contributed by atoms with Crippen molar-refractivity contribution in [3.05, 3.63) is 12.1 Å². The zero-order valence-corrected chi connectivity index (χ0v) is 16.8. The van der Waals surface area contributed by atoms with Crippen LogP contribution < -0.4 is 19.7 Å². The Bertz CT molecular complexity index is 759. The molecule has 1 aliphatic heterocycles. The summed E-state index contributed by atoms with van der Waals surface area (Å²) in [6.07, 6.45) is 0.901. The smallest absolute Gasteiger partial charge is 0.330 e. The molecule has 0 unspecified atom stereocenters. The third-order valence-electron chi connectivity index (χ3n) is 3.65. The Morgan fingerprint density at radius 1 is 1.07 bits per heavy atom. The zero-order valence-electron chi connectivity index (χ0n) is 16.8. The standard InChI is InChI=1S/C18H27N7O3/c1-5-10-27-13-6-7-14(24-23-13)28-17-20-15(22-18(2,3)4)19-16(21-17)25-8-11-26-12-9-25/h6-7H,5,8-12H2,1-4H3,(H,19,20,21,22). The van der Waals surface area contributed by atoms with Crippen LogP contribution in [0.4, 0.5) is 11.9 Å². The van der Waals surface area contributed by atoms with E-state index in [0.717, 1.165) is 6.42 Å². The number of aromatic nitrogens is 5. The van der Waals surface area contributed by atoms with Gasteiger partial charge in [-0.05, 0) is 27.2 Å². The van der Waals surface area contributed by atoms with Gasteiger partial charge in [-0.15, -0.1) is 10.2 Å². The molecule has 1 fully saturated rings. The largest absolute Gasteiger partial charge is 0.477 e. The molecule has 2 aromatic rings. The first-order valence-corrected chi connectivity index (χ1v) is 9.44. The molecule has 28 heavy (non-hydrogen) atoms. The third kappa shape index (κ3) is 5.88. The molecule has 3 heterocycles. The quantitative estimate of drug-likeness (QED) is 0.757. The maximum absolute atomic E-state index is 5.74. The van der Waals surface area contributed by atoms with E-state index in [4.69, 9.17) is 14.2 Å². The first-order valence-electron chi connectivity index (χ1n) is 9.44. The lowest BCUT2D eigenvalue weighted by atomic mass is 10.1. The van der Waals surface area contributed by atoms with Crippen LogP contribution >= 0.6 is 0 Å². The highest BCUT2D eigenvalue weighted by molar-refractivity contribution is 5.40. The molecular weight excluding hydrogens is 362 g/mol. The van der Waals surface area contributed by atoms with Crippen LogP contribution in [0.2, 0.25) is 0 Å². The molecule has 0 spiro atoms. The summed E-state index contributed by atoms with van der Waals surface area (Å²) >= 11 is 0. The van der Waals surface area contributed by atoms with Crippen LogP contribution in [-0.4, -0.2) is 63.6 Å². The van der Waals surface area contributed by atoms with Crippen LogP contribution in [0.15, 0.2) is 12.1 Å². The molecule has 0 radical (unpaired) electrons. The third-order valence-corrected chi connectivity index (χ3v) is 3.65. The zero-order chi connectivity index (χ0) is 20.0. The van der Waals surface area contributed by atoms with Gasteiger partial charge in [0.05, 0.1) is 19.8 Å². The number of hydrogen-bond donors (Lipinski definition) is 1. The molecule has 1 N–H and O–H groups in total. The Labute approximate surface area is 164 Å². The molecule has 0 aliphatic carbocycles. The summed E-state index contributed by atoms with van der Waals surface area (Å²) in [4.78, 5) is 15.4. The van der Waals surface area contributed by atoms with Crippen molar-refractivity contribution in [3.8, 4) is 17.8 Å². The van der Waals surface area contributed by atoms with Crippen LogP contribution in [0.5, 0.6) is 17.8 Å². The van der Waals surface area contributed by atoms with E-state index in [1.54, 1.807) is 12.1 Å². The predicted octanol–water partition coefficient (Wildman–Crippen LogP) is 2.29. The fraction of sp³-hybridized carbons (Fsp3) is 0.611. The minimum Gasteiger partial charge on any atom is -0.477 e. The van der Waals surface area contributed by atoms with Crippen molar-refractivity contribution in [1.29, 1.82) is 0 Å². The van der Waals surface area contributed by atoms with Gasteiger partial charge in [-0.25, -0.2) is 0 Å². The van der Waals surface area contributed by atoms with Crippen molar-refractivity contribution >= 4 is 11.9 Å². The second-order valence-electron chi connectivity index (χ2n) is 7.38.